The van der Waals surface area contributed by atoms with Gasteiger partial charge < -0.3 is 24.1 Å². The Bertz CT molecular complexity index is 1110. The van der Waals surface area contributed by atoms with Crippen molar-refractivity contribution in [2.45, 2.75) is 26.3 Å². The molecule has 1 fully saturated rings. The van der Waals surface area contributed by atoms with Crippen molar-refractivity contribution in [3.05, 3.63) is 48.4 Å². The molecule has 1 aliphatic rings. The van der Waals surface area contributed by atoms with Crippen LogP contribution in [-0.4, -0.2) is 54.9 Å². The molecule has 0 radical (unpaired) electrons. The Morgan fingerprint density at radius 3 is 2.65 bits per heavy atom. The Balaban J connectivity index is 1.29. The fraction of sp³-hybridized carbons (Fsp3) is 0.400. The maximum Gasteiger partial charge on any atom is 0.241 e. The van der Waals surface area contributed by atoms with E-state index in [-0.39, 0.29) is 11.8 Å². The van der Waals surface area contributed by atoms with Gasteiger partial charge in [0, 0.05) is 23.2 Å². The van der Waals surface area contributed by atoms with Crippen molar-refractivity contribution in [2.24, 2.45) is 5.92 Å². The topological polar surface area (TPSA) is 99.0 Å². The summed E-state index contributed by atoms with van der Waals surface area (Å²) < 4.78 is 21.6. The molecule has 1 amide bonds. The Kier molecular flexibility index (Phi) is 7.64. The minimum atomic E-state index is -0.0305. The average Bonchev–Trinajstić information content (AvgIpc) is 3.33. The van der Waals surface area contributed by atoms with Crippen molar-refractivity contribution < 1.29 is 23.5 Å². The van der Waals surface area contributed by atoms with E-state index in [9.17, 15) is 4.79 Å². The third-order valence-electron chi connectivity index (χ3n) is 5.84. The van der Waals surface area contributed by atoms with Crippen LogP contribution in [0.5, 0.6) is 17.2 Å². The van der Waals surface area contributed by atoms with Crippen LogP contribution in [0.3, 0.4) is 0 Å². The number of piperidine rings is 1. The Morgan fingerprint density at radius 1 is 1.12 bits per heavy atom. The second-order valence-corrected chi connectivity index (χ2v) is 8.08. The molecule has 2 aromatic carbocycles. The monoisotopic (exact) mass is 466 g/mol. The lowest BCUT2D eigenvalue weighted by Gasteiger charge is -2.30. The fourth-order valence-corrected chi connectivity index (χ4v) is 4.03. The highest BCUT2D eigenvalue weighted by molar-refractivity contribution is 5.92. The molecular weight excluding hydrogens is 436 g/mol. The van der Waals surface area contributed by atoms with Crippen LogP contribution in [0.1, 0.15) is 25.7 Å². The molecule has 1 aromatic heterocycles. The van der Waals surface area contributed by atoms with E-state index in [0.717, 1.165) is 42.9 Å². The van der Waals surface area contributed by atoms with Gasteiger partial charge in [-0.2, -0.15) is 4.98 Å². The summed E-state index contributed by atoms with van der Waals surface area (Å²) in [5.41, 5.74) is 1.54. The highest BCUT2D eigenvalue weighted by Gasteiger charge is 2.26. The first-order chi connectivity index (χ1) is 16.6. The zero-order valence-corrected chi connectivity index (χ0v) is 19.7. The van der Waals surface area contributed by atoms with E-state index >= 15 is 0 Å². The largest absolute Gasteiger partial charge is 0.494 e. The van der Waals surface area contributed by atoms with E-state index in [0.29, 0.717) is 36.4 Å². The van der Waals surface area contributed by atoms with E-state index in [1.54, 1.807) is 14.2 Å². The molecule has 0 aliphatic carbocycles. The number of rotatable bonds is 9. The van der Waals surface area contributed by atoms with Crippen molar-refractivity contribution in [1.82, 2.24) is 15.0 Å². The van der Waals surface area contributed by atoms with Crippen molar-refractivity contribution in [1.29, 1.82) is 0 Å². The normalized spacial score (nSPS) is 14.6. The number of carbonyl (C=O) groups is 1. The first kappa shape index (κ1) is 23.6. The molecule has 180 valence electrons. The third kappa shape index (κ3) is 5.66. The van der Waals surface area contributed by atoms with Gasteiger partial charge >= 0.3 is 0 Å². The van der Waals surface area contributed by atoms with E-state index in [2.05, 4.69) is 20.4 Å². The van der Waals surface area contributed by atoms with Gasteiger partial charge in [-0.25, -0.2) is 0 Å². The predicted molar refractivity (Wildman–Crippen MR) is 127 cm³/mol. The predicted octanol–water partition coefficient (Wildman–Crippen LogP) is 4.00. The summed E-state index contributed by atoms with van der Waals surface area (Å²) in [4.78, 5) is 19.5. The van der Waals surface area contributed by atoms with E-state index < -0.39 is 0 Å². The van der Waals surface area contributed by atoms with Gasteiger partial charge in [-0.1, -0.05) is 11.2 Å². The van der Waals surface area contributed by atoms with Crippen LogP contribution in [0.4, 0.5) is 5.69 Å². The van der Waals surface area contributed by atoms with Crippen LogP contribution in [0.15, 0.2) is 47.0 Å². The second kappa shape index (κ2) is 11.0. The quantitative estimate of drug-likeness (QED) is 0.505. The fourth-order valence-electron chi connectivity index (χ4n) is 4.03. The van der Waals surface area contributed by atoms with Gasteiger partial charge in [0.05, 0.1) is 27.4 Å². The summed E-state index contributed by atoms with van der Waals surface area (Å²) in [7, 11) is 3.18. The second-order valence-electron chi connectivity index (χ2n) is 8.08. The molecule has 9 heteroatoms. The first-order valence-corrected chi connectivity index (χ1v) is 11.4. The lowest BCUT2D eigenvalue weighted by molar-refractivity contribution is -0.121. The molecule has 2 heterocycles. The number of likely N-dealkylation sites (tertiary alicyclic amines) is 1. The zero-order valence-electron chi connectivity index (χ0n) is 19.7. The van der Waals surface area contributed by atoms with Crippen molar-refractivity contribution in [3.63, 3.8) is 0 Å². The number of methoxy groups -OCH3 is 2. The SMILES string of the molecule is CCOc1cccc(NC(=O)C2CCN(Cc3nc(-c4ccc(OC)c(OC)c4)no3)CC2)c1. The number of benzene rings is 2. The number of amides is 1. The standard InChI is InChI=1S/C25H30N4O5/c1-4-33-20-7-5-6-19(15-20)26-25(30)17-10-12-29(13-11-17)16-23-27-24(28-34-23)18-8-9-21(31-2)22(14-18)32-3/h5-9,14-15,17H,4,10-13,16H2,1-3H3,(H,26,30). The van der Waals surface area contributed by atoms with E-state index in [1.807, 2.05) is 49.4 Å². The third-order valence-corrected chi connectivity index (χ3v) is 5.84. The lowest BCUT2D eigenvalue weighted by atomic mass is 9.96. The smallest absolute Gasteiger partial charge is 0.241 e. The molecule has 1 saturated heterocycles. The Hall–Kier alpha value is -3.59. The average molecular weight is 467 g/mol. The van der Waals surface area contributed by atoms with Crippen molar-refractivity contribution >= 4 is 11.6 Å². The van der Waals surface area contributed by atoms with Gasteiger partial charge in [0.2, 0.25) is 17.6 Å². The van der Waals surface area contributed by atoms with Gasteiger partial charge in [0.25, 0.3) is 0 Å². The number of carbonyl (C=O) groups excluding carboxylic acids is 1. The molecule has 3 aromatic rings. The number of aromatic nitrogens is 2. The summed E-state index contributed by atoms with van der Waals surface area (Å²) in [6.45, 7) is 4.64. The summed E-state index contributed by atoms with van der Waals surface area (Å²) in [6, 6.07) is 13.0. The van der Waals surface area contributed by atoms with Gasteiger partial charge in [-0.05, 0) is 63.2 Å². The number of ether oxygens (including phenoxy) is 3. The first-order valence-electron chi connectivity index (χ1n) is 11.4. The van der Waals surface area contributed by atoms with Crippen LogP contribution in [0, 0.1) is 5.92 Å². The summed E-state index contributed by atoms with van der Waals surface area (Å²) in [5, 5.41) is 7.13. The van der Waals surface area contributed by atoms with Crippen LogP contribution < -0.4 is 19.5 Å². The molecule has 9 nitrogen and oxygen atoms in total. The number of nitrogens with one attached hydrogen (secondary N) is 1. The lowest BCUT2D eigenvalue weighted by Crippen LogP contribution is -2.37. The van der Waals surface area contributed by atoms with Crippen molar-refractivity contribution in [2.75, 3.05) is 39.2 Å². The highest BCUT2D eigenvalue weighted by atomic mass is 16.5. The molecule has 0 atom stereocenters. The highest BCUT2D eigenvalue weighted by Crippen LogP contribution is 2.31. The van der Waals surface area contributed by atoms with E-state index in [1.165, 1.54) is 0 Å². The molecule has 0 unspecified atom stereocenters. The minimum Gasteiger partial charge on any atom is -0.494 e. The maximum atomic E-state index is 12.7. The van der Waals surface area contributed by atoms with Gasteiger partial charge in [0.1, 0.15) is 5.75 Å². The van der Waals surface area contributed by atoms with Gasteiger partial charge in [0.15, 0.2) is 11.5 Å². The number of anilines is 1. The van der Waals surface area contributed by atoms with Crippen LogP contribution >= 0.6 is 0 Å². The number of hydrogen-bond donors (Lipinski definition) is 1. The summed E-state index contributed by atoms with van der Waals surface area (Å²) in [5.74, 6) is 3.06. The van der Waals surface area contributed by atoms with Gasteiger partial charge in [-0.3, -0.25) is 9.69 Å². The molecular formula is C25H30N4O5. The van der Waals surface area contributed by atoms with E-state index in [4.69, 9.17) is 18.7 Å². The molecule has 0 bridgehead atoms. The van der Waals surface area contributed by atoms with Gasteiger partial charge in [-0.15, -0.1) is 0 Å². The number of hydrogen-bond acceptors (Lipinski definition) is 8. The van der Waals surface area contributed by atoms with Crippen LogP contribution in [-0.2, 0) is 11.3 Å². The molecule has 1 N–H and O–H groups in total. The molecule has 4 rings (SSSR count). The van der Waals surface area contributed by atoms with Crippen LogP contribution in [0.2, 0.25) is 0 Å². The minimum absolute atomic E-state index is 0.0305. The van der Waals surface area contributed by atoms with Crippen LogP contribution in [0.25, 0.3) is 11.4 Å². The molecule has 34 heavy (non-hydrogen) atoms. The van der Waals surface area contributed by atoms with Crippen molar-refractivity contribution in [3.8, 4) is 28.6 Å². The molecule has 0 spiro atoms. The summed E-state index contributed by atoms with van der Waals surface area (Å²) >= 11 is 0. The Morgan fingerprint density at radius 2 is 1.91 bits per heavy atom. The zero-order chi connectivity index (χ0) is 23.9. The number of nitrogens with zero attached hydrogens (tertiary/aromatic N) is 3. The molecule has 0 saturated carbocycles. The maximum absolute atomic E-state index is 12.7. The Labute approximate surface area is 199 Å². The summed E-state index contributed by atoms with van der Waals surface area (Å²) in [6.07, 6.45) is 1.54. The molecule has 1 aliphatic heterocycles.